The summed E-state index contributed by atoms with van der Waals surface area (Å²) in [5, 5.41) is 14.6. The second-order valence-electron chi connectivity index (χ2n) is 11.4. The Hall–Kier alpha value is -4.31. The molecule has 3 aromatic carbocycles. The molecule has 0 spiro atoms. The van der Waals surface area contributed by atoms with Gasteiger partial charge in [-0.2, -0.15) is 0 Å². The number of amides is 2. The summed E-state index contributed by atoms with van der Waals surface area (Å²) in [6, 6.07) is 19.3. The smallest absolute Gasteiger partial charge is 0.243 e. The lowest BCUT2D eigenvalue weighted by atomic mass is 9.96. The van der Waals surface area contributed by atoms with Gasteiger partial charge in [0.1, 0.15) is 23.1 Å². The van der Waals surface area contributed by atoms with Crippen molar-refractivity contribution in [2.24, 2.45) is 13.0 Å². The van der Waals surface area contributed by atoms with E-state index in [0.717, 1.165) is 39.9 Å². The van der Waals surface area contributed by atoms with Crippen molar-refractivity contribution in [2.75, 3.05) is 20.2 Å². The van der Waals surface area contributed by atoms with E-state index in [0.29, 0.717) is 32.5 Å². The van der Waals surface area contributed by atoms with Crippen molar-refractivity contribution >= 4 is 22.8 Å². The van der Waals surface area contributed by atoms with Crippen molar-refractivity contribution in [3.63, 3.8) is 0 Å². The number of nitrogens with one attached hydrogen (secondary N) is 2. The van der Waals surface area contributed by atoms with Crippen molar-refractivity contribution in [3.8, 4) is 5.75 Å². The molecule has 9 nitrogen and oxygen atoms in total. The van der Waals surface area contributed by atoms with Crippen LogP contribution < -0.4 is 15.4 Å². The largest absolute Gasteiger partial charge is 0.497 e. The summed E-state index contributed by atoms with van der Waals surface area (Å²) in [7, 11) is 3.48. The van der Waals surface area contributed by atoms with Crippen LogP contribution in [0.4, 0.5) is 4.39 Å². The normalized spacial score (nSPS) is 22.0. The summed E-state index contributed by atoms with van der Waals surface area (Å²) in [6.45, 7) is 1.47. The molecule has 6 rings (SSSR count). The van der Waals surface area contributed by atoms with E-state index in [1.165, 1.54) is 12.1 Å². The minimum Gasteiger partial charge on any atom is -0.497 e. The van der Waals surface area contributed by atoms with Gasteiger partial charge in [0.05, 0.1) is 18.7 Å². The highest BCUT2D eigenvalue weighted by Gasteiger charge is 2.43. The topological polar surface area (TPSA) is 101 Å². The van der Waals surface area contributed by atoms with E-state index in [1.807, 2.05) is 49.5 Å². The van der Waals surface area contributed by atoms with E-state index in [2.05, 4.69) is 20.9 Å². The van der Waals surface area contributed by atoms with Crippen molar-refractivity contribution in [1.29, 1.82) is 0 Å². The number of fused-ring (bicyclic) bond motifs is 1. The van der Waals surface area contributed by atoms with Gasteiger partial charge >= 0.3 is 0 Å². The number of rotatable bonds is 8. The molecule has 4 unspecified atom stereocenters. The first kappa shape index (κ1) is 27.8. The Balaban J connectivity index is 1.16. The molecule has 0 bridgehead atoms. The minimum absolute atomic E-state index is 0.0574. The number of likely N-dealkylation sites (tertiary alicyclic amines) is 1. The van der Waals surface area contributed by atoms with Gasteiger partial charge in [-0.15, -0.1) is 5.10 Å². The van der Waals surface area contributed by atoms with Gasteiger partial charge < -0.3 is 20.3 Å². The van der Waals surface area contributed by atoms with E-state index in [4.69, 9.17) is 4.74 Å². The summed E-state index contributed by atoms with van der Waals surface area (Å²) >= 11 is 0. The van der Waals surface area contributed by atoms with Gasteiger partial charge in [-0.25, -0.2) is 9.07 Å². The number of benzene rings is 3. The highest BCUT2D eigenvalue weighted by molar-refractivity contribution is 5.90. The van der Waals surface area contributed by atoms with E-state index in [9.17, 15) is 14.0 Å². The monoisotopic (exact) mass is 570 g/mol. The number of hydrogen-bond acceptors (Lipinski definition) is 6. The predicted molar refractivity (Wildman–Crippen MR) is 156 cm³/mol. The summed E-state index contributed by atoms with van der Waals surface area (Å²) in [5.74, 6) is 0.555. The molecule has 2 N–H and O–H groups in total. The Kier molecular flexibility index (Phi) is 7.88. The molecule has 0 saturated carbocycles. The van der Waals surface area contributed by atoms with Crippen LogP contribution in [0.3, 0.4) is 0 Å². The molecule has 4 atom stereocenters. The van der Waals surface area contributed by atoms with Gasteiger partial charge in [-0.1, -0.05) is 35.5 Å². The number of nitrogens with zero attached hydrogens (tertiary/aromatic N) is 4. The lowest BCUT2D eigenvalue weighted by Crippen LogP contribution is -2.51. The molecule has 0 aliphatic carbocycles. The molecule has 42 heavy (non-hydrogen) atoms. The zero-order valence-corrected chi connectivity index (χ0v) is 23.8. The number of aromatic nitrogens is 3. The molecule has 2 saturated heterocycles. The molecular weight excluding hydrogens is 535 g/mol. The van der Waals surface area contributed by atoms with E-state index >= 15 is 0 Å². The van der Waals surface area contributed by atoms with Crippen molar-refractivity contribution in [2.45, 2.75) is 43.8 Å². The van der Waals surface area contributed by atoms with Gasteiger partial charge in [0.15, 0.2) is 0 Å². The molecule has 218 valence electrons. The first-order valence-corrected chi connectivity index (χ1v) is 14.4. The van der Waals surface area contributed by atoms with Crippen LogP contribution in [0.1, 0.15) is 35.4 Å². The highest BCUT2D eigenvalue weighted by atomic mass is 19.1. The average Bonchev–Trinajstić information content (AvgIpc) is 3.75. The minimum atomic E-state index is -0.562. The fourth-order valence-corrected chi connectivity index (χ4v) is 6.27. The number of hydrogen-bond donors (Lipinski definition) is 2. The Morgan fingerprint density at radius 3 is 2.57 bits per heavy atom. The van der Waals surface area contributed by atoms with Crippen LogP contribution in [-0.2, 0) is 29.6 Å². The lowest BCUT2D eigenvalue weighted by molar-refractivity contribution is -0.139. The molecule has 2 amide bonds. The molecule has 3 heterocycles. The molecule has 2 fully saturated rings. The highest BCUT2D eigenvalue weighted by Crippen LogP contribution is 2.32. The zero-order valence-electron chi connectivity index (χ0n) is 23.8. The fourth-order valence-electron chi connectivity index (χ4n) is 6.27. The SMILES string of the molecule is COc1ccc(CC2CC(C(=O)NCc3ccc4c(c3)nnn4C)N(C(=O)C3CC(c4ccc(F)cc4)CN3)C2)cc1. The van der Waals surface area contributed by atoms with Gasteiger partial charge in [0.25, 0.3) is 0 Å². The van der Waals surface area contributed by atoms with Crippen molar-refractivity contribution in [1.82, 2.24) is 30.5 Å². The number of carbonyl (C=O) groups excluding carboxylic acids is 2. The average molecular weight is 571 g/mol. The summed E-state index contributed by atoms with van der Waals surface area (Å²) in [6.07, 6.45) is 1.95. The fraction of sp³-hybridized carbons (Fsp3) is 0.375. The van der Waals surface area contributed by atoms with E-state index in [-0.39, 0.29) is 29.5 Å². The standard InChI is InChI=1S/C32H35FN6O3/c1-38-29-12-5-21(14-27(29)36-37-38)17-35-31(40)30-15-22(13-20-3-10-26(42-2)11-4-20)19-39(30)32(41)28-16-24(18-34-28)23-6-8-25(33)9-7-23/h3-12,14,22,24,28,30,34H,13,15-19H2,1-2H3,(H,35,40). The third kappa shape index (κ3) is 5.85. The second-order valence-corrected chi connectivity index (χ2v) is 11.4. The Bertz CT molecular complexity index is 1570. The second kappa shape index (κ2) is 11.9. The molecule has 0 radical (unpaired) electrons. The van der Waals surface area contributed by atoms with Crippen molar-refractivity contribution in [3.05, 3.63) is 89.2 Å². The number of carbonyl (C=O) groups is 2. The molecule has 2 aliphatic rings. The summed E-state index contributed by atoms with van der Waals surface area (Å²) < 4.78 is 20.4. The van der Waals surface area contributed by atoms with Crippen LogP contribution in [0, 0.1) is 11.7 Å². The van der Waals surface area contributed by atoms with Gasteiger partial charge in [-0.05, 0) is 84.2 Å². The number of aryl methyl sites for hydroxylation is 1. The lowest BCUT2D eigenvalue weighted by Gasteiger charge is -2.27. The Morgan fingerprint density at radius 1 is 1.05 bits per heavy atom. The zero-order chi connectivity index (χ0) is 29.2. The third-order valence-electron chi connectivity index (χ3n) is 8.57. The summed E-state index contributed by atoms with van der Waals surface area (Å²) in [4.78, 5) is 29.3. The first-order valence-electron chi connectivity index (χ1n) is 14.4. The number of methoxy groups -OCH3 is 1. The first-order chi connectivity index (χ1) is 20.4. The van der Waals surface area contributed by atoms with Crippen LogP contribution in [0.25, 0.3) is 11.0 Å². The molecular formula is C32H35FN6O3. The van der Waals surface area contributed by atoms with Gasteiger partial charge in [0, 0.05) is 26.7 Å². The van der Waals surface area contributed by atoms with Crippen molar-refractivity contribution < 1.29 is 18.7 Å². The number of halogens is 1. The Labute approximate surface area is 244 Å². The molecule has 1 aromatic heterocycles. The number of ether oxygens (including phenoxy) is 1. The summed E-state index contributed by atoms with van der Waals surface area (Å²) in [5.41, 5.74) is 4.75. The van der Waals surface area contributed by atoms with Crippen LogP contribution in [0.2, 0.25) is 0 Å². The van der Waals surface area contributed by atoms with E-state index in [1.54, 1.807) is 28.8 Å². The molecule has 2 aliphatic heterocycles. The van der Waals surface area contributed by atoms with E-state index < -0.39 is 12.1 Å². The molecule has 4 aromatic rings. The van der Waals surface area contributed by atoms with Gasteiger partial charge in [0.2, 0.25) is 11.8 Å². The van der Waals surface area contributed by atoms with Gasteiger partial charge in [-0.3, -0.25) is 9.59 Å². The van der Waals surface area contributed by atoms with Crippen LogP contribution in [0.15, 0.2) is 66.7 Å². The maximum Gasteiger partial charge on any atom is 0.243 e. The quantitative estimate of drug-likeness (QED) is 0.337. The Morgan fingerprint density at radius 2 is 1.81 bits per heavy atom. The molecule has 10 heteroatoms. The predicted octanol–water partition coefficient (Wildman–Crippen LogP) is 3.34. The maximum absolute atomic E-state index is 13.9. The maximum atomic E-state index is 13.9. The third-order valence-corrected chi connectivity index (χ3v) is 8.57. The van der Waals surface area contributed by atoms with Crippen LogP contribution in [-0.4, -0.2) is 64.0 Å². The van der Waals surface area contributed by atoms with Crippen LogP contribution in [0.5, 0.6) is 5.75 Å². The van der Waals surface area contributed by atoms with Crippen LogP contribution >= 0.6 is 0 Å².